The summed E-state index contributed by atoms with van der Waals surface area (Å²) in [6, 6.07) is -0.0243. The van der Waals surface area contributed by atoms with Crippen LogP contribution >= 0.6 is 69.6 Å². The van der Waals surface area contributed by atoms with E-state index in [0.29, 0.717) is 59.2 Å². The standard InChI is InChI=1S/C70H110Cl6N2O9/c1-45(77-63(79)84-43-69(71,72)73)53-25-27-55-51-23-21-49-41-47(29-33-65(49,3)57(51)31-35-67(53,55)5)59(86-61-19-11-15-39-82-61)17-9-7-13-37-81-38-14-8-10-18-60(87-62-20-12-16-40-83-62)48-30-34-66(4)50(42-48)22-24-52-56-28-26-54(68(56,6)36-32-58(52)66)46(2)78-64(80)85-44-70(74,75)76/h21-22,45-48,51-62H,7-20,23-44H2,1-6H3,(H,77,79)(H,78,80)/t45?,46?,47-,48-,51-,52-,53+,54+,55-,56-,57-,58-,59+,60+,61?,62?,65-,66-,67+,68+/m0/s1. The zero-order valence-electron chi connectivity index (χ0n) is 53.8. The molecule has 0 aromatic heterocycles. The molecule has 10 aliphatic rings. The molecule has 0 radical (unpaired) electrons. The number of halogens is 6. The van der Waals surface area contributed by atoms with Gasteiger partial charge in [-0.1, -0.05) is 146 Å². The van der Waals surface area contributed by atoms with Crippen LogP contribution in [0.15, 0.2) is 23.3 Å². The molecule has 87 heavy (non-hydrogen) atoms. The Hall–Kier alpha value is -0.440. The van der Waals surface area contributed by atoms with Gasteiger partial charge in [-0.15, -0.1) is 0 Å². The first-order valence-corrected chi connectivity index (χ1v) is 37.2. The van der Waals surface area contributed by atoms with E-state index in [1.807, 2.05) is 0 Å². The van der Waals surface area contributed by atoms with Crippen LogP contribution in [0, 0.1) is 80.8 Å². The summed E-state index contributed by atoms with van der Waals surface area (Å²) in [5, 5.41) is 6.21. The van der Waals surface area contributed by atoms with E-state index >= 15 is 0 Å². The second-order valence-electron chi connectivity index (χ2n) is 30.5. The Kier molecular flexibility index (Phi) is 24.0. The van der Waals surface area contributed by atoms with Gasteiger partial charge in [-0.05, 0) is 262 Å². The molecule has 10 rings (SSSR count). The average molecular weight is 1340 g/mol. The first-order valence-electron chi connectivity index (χ1n) is 35.0. The van der Waals surface area contributed by atoms with Crippen LogP contribution in [0.4, 0.5) is 9.59 Å². The van der Waals surface area contributed by atoms with E-state index in [1.54, 1.807) is 11.1 Å². The van der Waals surface area contributed by atoms with E-state index in [0.717, 1.165) is 129 Å². The topological polar surface area (TPSA) is 123 Å². The Bertz CT molecular complexity index is 2170. The highest BCUT2D eigenvalue weighted by Crippen LogP contribution is 2.69. The largest absolute Gasteiger partial charge is 0.445 e. The molecule has 0 aromatic carbocycles. The number of alkyl carbamates (subject to hydrolysis) is 2. The molecule has 17 heteroatoms. The zero-order chi connectivity index (χ0) is 61.8. The van der Waals surface area contributed by atoms with Crippen molar-refractivity contribution in [3.63, 3.8) is 0 Å². The number of rotatable bonds is 24. The number of carbonyl (C=O) groups excluding carboxylic acids is 2. The van der Waals surface area contributed by atoms with Crippen molar-refractivity contribution < 1.29 is 42.7 Å². The number of carbonyl (C=O) groups is 2. The molecule has 0 bridgehead atoms. The van der Waals surface area contributed by atoms with Gasteiger partial charge in [0, 0.05) is 38.5 Å². The van der Waals surface area contributed by atoms with Crippen molar-refractivity contribution in [1.29, 1.82) is 0 Å². The summed E-state index contributed by atoms with van der Waals surface area (Å²) in [6.07, 6.45) is 39.4. The summed E-state index contributed by atoms with van der Waals surface area (Å²) < 4.78 is 40.1. The Labute approximate surface area is 554 Å². The van der Waals surface area contributed by atoms with Crippen LogP contribution < -0.4 is 10.6 Å². The van der Waals surface area contributed by atoms with E-state index in [2.05, 4.69) is 64.3 Å². The predicted molar refractivity (Wildman–Crippen MR) is 351 cm³/mol. The van der Waals surface area contributed by atoms with E-state index in [-0.39, 0.29) is 71.7 Å². The molecule has 8 aliphatic carbocycles. The number of nitrogens with one attached hydrogen (secondary N) is 2. The molecule has 8 fully saturated rings. The molecule has 2 heterocycles. The van der Waals surface area contributed by atoms with Crippen LogP contribution in [0.2, 0.25) is 0 Å². The third-order valence-electron chi connectivity index (χ3n) is 25.6. The fourth-order valence-corrected chi connectivity index (χ4v) is 21.4. The number of alkyl halides is 6. The number of unbranched alkanes of at least 4 members (excludes halogenated alkanes) is 4. The van der Waals surface area contributed by atoms with Gasteiger partial charge in [0.15, 0.2) is 12.6 Å². The highest BCUT2D eigenvalue weighted by molar-refractivity contribution is 6.68. The number of allylic oxidation sites excluding steroid dienone is 4. The summed E-state index contributed by atoms with van der Waals surface area (Å²) in [4.78, 5) is 25.4. The molecule has 6 saturated carbocycles. The lowest BCUT2D eigenvalue weighted by Crippen LogP contribution is -2.52. The highest BCUT2D eigenvalue weighted by Gasteiger charge is 2.62. The summed E-state index contributed by atoms with van der Waals surface area (Å²) in [5.74, 6) is 5.89. The van der Waals surface area contributed by atoms with Gasteiger partial charge in [0.1, 0.15) is 13.2 Å². The second kappa shape index (κ2) is 30.1. The lowest BCUT2D eigenvalue weighted by molar-refractivity contribution is -0.203. The highest BCUT2D eigenvalue weighted by atomic mass is 35.6. The monoisotopic (exact) mass is 1330 g/mol. The molecule has 496 valence electrons. The lowest BCUT2D eigenvalue weighted by Gasteiger charge is -2.59. The average Bonchev–Trinajstić information content (AvgIpc) is 1.73. The minimum atomic E-state index is -1.63. The Morgan fingerprint density at radius 3 is 1.36 bits per heavy atom. The Morgan fingerprint density at radius 2 is 0.966 bits per heavy atom. The molecule has 11 nitrogen and oxygen atoms in total. The minimum Gasteiger partial charge on any atom is -0.445 e. The first kappa shape index (κ1) is 69.4. The van der Waals surface area contributed by atoms with Crippen molar-refractivity contribution in [2.24, 2.45) is 80.8 Å². The van der Waals surface area contributed by atoms with Crippen molar-refractivity contribution >= 4 is 81.8 Å². The summed E-state index contributed by atoms with van der Waals surface area (Å²) in [6.45, 7) is 17.2. The number of ether oxygens (including phenoxy) is 7. The van der Waals surface area contributed by atoms with Crippen molar-refractivity contribution in [1.82, 2.24) is 10.6 Å². The summed E-state index contributed by atoms with van der Waals surface area (Å²) in [5.41, 5.74) is 4.23. The van der Waals surface area contributed by atoms with Gasteiger partial charge in [0.2, 0.25) is 7.59 Å². The van der Waals surface area contributed by atoms with Gasteiger partial charge in [-0.25, -0.2) is 9.59 Å². The van der Waals surface area contributed by atoms with Crippen molar-refractivity contribution in [2.45, 2.75) is 279 Å². The maximum absolute atomic E-state index is 12.7. The first-order chi connectivity index (χ1) is 41.5. The molecule has 2 aliphatic heterocycles. The third kappa shape index (κ3) is 16.6. The number of fused-ring (bicyclic) bond motifs is 10. The predicted octanol–water partition coefficient (Wildman–Crippen LogP) is 19.3. The van der Waals surface area contributed by atoms with Gasteiger partial charge in [0.25, 0.3) is 0 Å². The summed E-state index contributed by atoms with van der Waals surface area (Å²) >= 11 is 35.2. The third-order valence-corrected chi connectivity index (χ3v) is 26.3. The van der Waals surface area contributed by atoms with Gasteiger partial charge >= 0.3 is 12.2 Å². The lowest BCUT2D eigenvalue weighted by atomic mass is 9.46. The van der Waals surface area contributed by atoms with Crippen molar-refractivity contribution in [2.75, 3.05) is 39.6 Å². The van der Waals surface area contributed by atoms with E-state index in [1.165, 1.54) is 89.9 Å². The molecule has 0 aromatic rings. The maximum Gasteiger partial charge on any atom is 0.407 e. The van der Waals surface area contributed by atoms with Crippen LogP contribution in [0.1, 0.15) is 234 Å². The number of hydrogen-bond donors (Lipinski definition) is 2. The second-order valence-corrected chi connectivity index (χ2v) is 35.5. The smallest absolute Gasteiger partial charge is 0.407 e. The molecule has 4 unspecified atom stereocenters. The maximum atomic E-state index is 12.7. The fourth-order valence-electron chi connectivity index (χ4n) is 21.1. The van der Waals surface area contributed by atoms with Gasteiger partial charge < -0.3 is 43.8 Å². The van der Waals surface area contributed by atoms with Crippen molar-refractivity contribution in [3.8, 4) is 0 Å². The van der Waals surface area contributed by atoms with E-state index in [4.69, 9.17) is 103 Å². The molecule has 0 spiro atoms. The molecule has 2 N–H and O–H groups in total. The Balaban J connectivity index is 0.655. The molecular formula is C70H110Cl6N2O9. The van der Waals surface area contributed by atoms with Crippen LogP contribution in [-0.2, 0) is 33.2 Å². The van der Waals surface area contributed by atoms with Gasteiger partial charge in [0.05, 0.1) is 12.2 Å². The van der Waals surface area contributed by atoms with E-state index in [9.17, 15) is 9.59 Å². The fraction of sp³-hybridized carbons (Fsp3) is 0.914. The molecular weight excluding hydrogens is 1230 g/mol. The quantitative estimate of drug-likeness (QED) is 0.0552. The van der Waals surface area contributed by atoms with E-state index < -0.39 is 19.8 Å². The minimum absolute atomic E-state index is 0.0122. The van der Waals surface area contributed by atoms with Crippen LogP contribution in [-0.4, -0.2) is 96.3 Å². The van der Waals surface area contributed by atoms with Crippen molar-refractivity contribution in [3.05, 3.63) is 23.3 Å². The molecule has 20 atom stereocenters. The zero-order valence-corrected chi connectivity index (χ0v) is 58.3. The normalized spacial score (nSPS) is 39.0. The summed E-state index contributed by atoms with van der Waals surface area (Å²) in [7, 11) is 0. The number of amides is 2. The molecule has 2 amide bonds. The van der Waals surface area contributed by atoms with Gasteiger partial charge in [-0.2, -0.15) is 0 Å². The van der Waals surface area contributed by atoms with Crippen LogP contribution in [0.25, 0.3) is 0 Å². The van der Waals surface area contributed by atoms with Crippen LogP contribution in [0.3, 0.4) is 0 Å². The Morgan fingerprint density at radius 1 is 0.540 bits per heavy atom. The van der Waals surface area contributed by atoms with Gasteiger partial charge in [-0.3, -0.25) is 0 Å². The number of hydrogen-bond acceptors (Lipinski definition) is 9. The molecule has 2 saturated heterocycles. The van der Waals surface area contributed by atoms with Crippen LogP contribution in [0.5, 0.6) is 0 Å². The SMILES string of the molecule is CC(NC(=O)OCC(Cl)(Cl)Cl)[C@H]1CC[C@H]2[C@@H]3CC=C4C[C@@H]([C@@H](CCCCCOCCCCC[C@@H](OC5CCCCO5)[C@H]5CC[C@@]6(C)C(=CC[C@H]7[C@@H]8CC[C@H](C(C)NC(=O)OCC(Cl)(Cl)Cl)[C@@]8(C)CC[C@@H]76)C5)OC5CCCCO5)CC[C@]4(C)[C@H]3CC[C@]12C.